The van der Waals surface area contributed by atoms with Gasteiger partial charge < -0.3 is 5.11 Å². The van der Waals surface area contributed by atoms with Crippen LogP contribution in [0.4, 0.5) is 0 Å². The van der Waals surface area contributed by atoms with Crippen molar-refractivity contribution in [1.82, 2.24) is 8.96 Å². The van der Waals surface area contributed by atoms with Crippen LogP contribution in [0.15, 0.2) is 23.0 Å². The number of aromatic hydroxyl groups is 1. The fourth-order valence-corrected chi connectivity index (χ4v) is 1.99. The number of fused-ring (bicyclic) bond motifs is 1. The van der Waals surface area contributed by atoms with E-state index in [1.165, 1.54) is 22.0 Å². The standard InChI is InChI=1S/C10H7N3O2S/c1-16-13-7-3-2-6(5-11)12-10(7)8(14)4-9(13)15/h2-4,14H,1H3. The molecule has 16 heavy (non-hydrogen) atoms. The molecule has 0 aromatic carbocycles. The molecule has 2 aromatic heterocycles. The first kappa shape index (κ1) is 10.5. The zero-order chi connectivity index (χ0) is 11.7. The second-order valence-corrected chi connectivity index (χ2v) is 3.75. The molecule has 0 aliphatic heterocycles. The van der Waals surface area contributed by atoms with E-state index in [4.69, 9.17) is 5.26 Å². The molecule has 5 nitrogen and oxygen atoms in total. The maximum atomic E-state index is 11.5. The van der Waals surface area contributed by atoms with Crippen LogP contribution >= 0.6 is 11.9 Å². The van der Waals surface area contributed by atoms with Crippen molar-refractivity contribution in [3.63, 3.8) is 0 Å². The average Bonchev–Trinajstić information content (AvgIpc) is 2.29. The molecule has 0 spiro atoms. The highest BCUT2D eigenvalue weighted by atomic mass is 32.2. The van der Waals surface area contributed by atoms with Gasteiger partial charge in [0.2, 0.25) is 0 Å². The van der Waals surface area contributed by atoms with Crippen LogP contribution in [0.3, 0.4) is 0 Å². The van der Waals surface area contributed by atoms with Gasteiger partial charge in [-0.3, -0.25) is 4.79 Å². The molecule has 0 saturated carbocycles. The Morgan fingerprint density at radius 3 is 2.94 bits per heavy atom. The Labute approximate surface area is 95.1 Å². The summed E-state index contributed by atoms with van der Waals surface area (Å²) in [6.45, 7) is 0. The van der Waals surface area contributed by atoms with Crippen LogP contribution in [0.2, 0.25) is 0 Å². The summed E-state index contributed by atoms with van der Waals surface area (Å²) in [5, 5.41) is 18.3. The van der Waals surface area contributed by atoms with Gasteiger partial charge in [0, 0.05) is 12.3 Å². The zero-order valence-electron chi connectivity index (χ0n) is 8.34. The van der Waals surface area contributed by atoms with E-state index in [1.807, 2.05) is 6.07 Å². The number of aromatic nitrogens is 2. The van der Waals surface area contributed by atoms with Crippen LogP contribution in [0.25, 0.3) is 11.0 Å². The summed E-state index contributed by atoms with van der Waals surface area (Å²) in [4.78, 5) is 15.5. The molecule has 0 unspecified atom stereocenters. The molecular formula is C10H7N3O2S. The maximum absolute atomic E-state index is 11.5. The third kappa shape index (κ3) is 1.51. The van der Waals surface area contributed by atoms with Crippen molar-refractivity contribution in [3.05, 3.63) is 34.2 Å². The minimum absolute atomic E-state index is 0.203. The largest absolute Gasteiger partial charge is 0.505 e. The highest BCUT2D eigenvalue weighted by molar-refractivity contribution is 7.97. The van der Waals surface area contributed by atoms with Crippen LogP contribution in [0, 0.1) is 11.3 Å². The van der Waals surface area contributed by atoms with Crippen LogP contribution in [0.1, 0.15) is 5.69 Å². The van der Waals surface area contributed by atoms with E-state index < -0.39 is 0 Å². The first-order chi connectivity index (χ1) is 7.67. The van der Waals surface area contributed by atoms with Crippen molar-refractivity contribution in [3.8, 4) is 11.8 Å². The zero-order valence-corrected chi connectivity index (χ0v) is 9.15. The minimum atomic E-state index is -0.316. The fraction of sp³-hybridized carbons (Fsp3) is 0.100. The number of nitrogens with zero attached hydrogens (tertiary/aromatic N) is 3. The second-order valence-electron chi connectivity index (χ2n) is 3.02. The Morgan fingerprint density at radius 1 is 1.56 bits per heavy atom. The number of hydrogen-bond acceptors (Lipinski definition) is 5. The van der Waals surface area contributed by atoms with Crippen LogP contribution in [-0.4, -0.2) is 20.3 Å². The Bertz CT molecular complexity index is 657. The van der Waals surface area contributed by atoms with Gasteiger partial charge in [0.1, 0.15) is 23.0 Å². The van der Waals surface area contributed by atoms with E-state index >= 15 is 0 Å². The summed E-state index contributed by atoms with van der Waals surface area (Å²) < 4.78 is 1.41. The third-order valence-electron chi connectivity index (χ3n) is 2.09. The van der Waals surface area contributed by atoms with Crippen molar-refractivity contribution in [2.75, 3.05) is 6.26 Å². The third-order valence-corrected chi connectivity index (χ3v) is 2.83. The van der Waals surface area contributed by atoms with Crippen LogP contribution < -0.4 is 5.56 Å². The quantitative estimate of drug-likeness (QED) is 0.797. The number of nitriles is 1. The first-order valence-electron chi connectivity index (χ1n) is 4.37. The number of rotatable bonds is 1. The lowest BCUT2D eigenvalue weighted by Gasteiger charge is -2.06. The number of hydrogen-bond donors (Lipinski definition) is 1. The van der Waals surface area contributed by atoms with Gasteiger partial charge in [0.15, 0.2) is 0 Å². The summed E-state index contributed by atoms with van der Waals surface area (Å²) in [5.74, 6) is -0.206. The molecular weight excluding hydrogens is 226 g/mol. The molecule has 0 saturated heterocycles. The summed E-state index contributed by atoms with van der Waals surface area (Å²) >= 11 is 1.22. The topological polar surface area (TPSA) is 78.9 Å². The van der Waals surface area contributed by atoms with Crippen molar-refractivity contribution in [2.45, 2.75) is 0 Å². The summed E-state index contributed by atoms with van der Waals surface area (Å²) in [6, 6.07) is 6.08. The molecule has 2 rings (SSSR count). The Kier molecular flexibility index (Phi) is 2.54. The molecule has 0 atom stereocenters. The minimum Gasteiger partial charge on any atom is -0.505 e. The van der Waals surface area contributed by atoms with E-state index in [0.717, 1.165) is 6.07 Å². The molecule has 0 fully saturated rings. The normalized spacial score (nSPS) is 10.2. The molecule has 0 aliphatic rings. The fourth-order valence-electron chi connectivity index (χ4n) is 1.42. The van der Waals surface area contributed by atoms with Gasteiger partial charge >= 0.3 is 0 Å². The predicted molar refractivity (Wildman–Crippen MR) is 61.3 cm³/mol. The monoisotopic (exact) mass is 233 g/mol. The van der Waals surface area contributed by atoms with E-state index in [9.17, 15) is 9.90 Å². The van der Waals surface area contributed by atoms with E-state index in [0.29, 0.717) is 5.52 Å². The molecule has 6 heteroatoms. The molecule has 0 radical (unpaired) electrons. The Hall–Kier alpha value is -2.00. The molecule has 0 aliphatic carbocycles. The van der Waals surface area contributed by atoms with Gasteiger partial charge in [-0.05, 0) is 24.1 Å². The van der Waals surface area contributed by atoms with E-state index in [-0.39, 0.29) is 22.5 Å². The Morgan fingerprint density at radius 2 is 2.31 bits per heavy atom. The van der Waals surface area contributed by atoms with E-state index in [2.05, 4.69) is 4.98 Å². The lowest BCUT2D eigenvalue weighted by Crippen LogP contribution is -2.14. The van der Waals surface area contributed by atoms with Crippen molar-refractivity contribution >= 4 is 23.0 Å². The molecule has 1 N–H and O–H groups in total. The second kappa shape index (κ2) is 3.87. The van der Waals surface area contributed by atoms with Crippen molar-refractivity contribution in [1.29, 1.82) is 5.26 Å². The summed E-state index contributed by atoms with van der Waals surface area (Å²) in [7, 11) is 0. The highest BCUT2D eigenvalue weighted by Crippen LogP contribution is 2.22. The molecule has 2 heterocycles. The Balaban J connectivity index is 2.94. The summed E-state index contributed by atoms with van der Waals surface area (Å²) in [6.07, 6.45) is 1.75. The first-order valence-corrected chi connectivity index (χ1v) is 5.56. The van der Waals surface area contributed by atoms with Crippen molar-refractivity contribution in [2.24, 2.45) is 0 Å². The van der Waals surface area contributed by atoms with Crippen LogP contribution in [-0.2, 0) is 0 Å². The van der Waals surface area contributed by atoms with Gasteiger partial charge in [-0.15, -0.1) is 0 Å². The van der Waals surface area contributed by atoms with Gasteiger partial charge in [-0.1, -0.05) is 0 Å². The average molecular weight is 233 g/mol. The summed E-state index contributed by atoms with van der Waals surface area (Å²) in [5.41, 5.74) is 0.641. The van der Waals surface area contributed by atoms with Gasteiger partial charge in [0.05, 0.1) is 5.52 Å². The molecule has 0 amide bonds. The smallest absolute Gasteiger partial charge is 0.264 e. The van der Waals surface area contributed by atoms with Gasteiger partial charge in [0.25, 0.3) is 5.56 Å². The molecule has 2 aromatic rings. The molecule has 0 bridgehead atoms. The van der Waals surface area contributed by atoms with Gasteiger partial charge in [-0.2, -0.15) is 5.26 Å². The lowest BCUT2D eigenvalue weighted by atomic mass is 10.2. The van der Waals surface area contributed by atoms with E-state index in [1.54, 1.807) is 12.3 Å². The van der Waals surface area contributed by atoms with Crippen molar-refractivity contribution < 1.29 is 5.11 Å². The SMILES string of the molecule is CSn1c(=O)cc(O)c2nc(C#N)ccc21. The van der Waals surface area contributed by atoms with Crippen LogP contribution in [0.5, 0.6) is 5.75 Å². The van der Waals surface area contributed by atoms with Gasteiger partial charge in [-0.25, -0.2) is 8.96 Å². The molecule has 80 valence electrons. The lowest BCUT2D eigenvalue weighted by molar-refractivity contribution is 0.479. The predicted octanol–water partition coefficient (Wildman–Crippen LogP) is 1.10. The number of pyridine rings is 2. The maximum Gasteiger partial charge on any atom is 0.264 e. The highest BCUT2D eigenvalue weighted by Gasteiger charge is 2.09.